The molecule has 0 bridgehead atoms. The first kappa shape index (κ1) is 10.2. The van der Waals surface area contributed by atoms with E-state index in [1.54, 1.807) is 13.8 Å². The van der Waals surface area contributed by atoms with Gasteiger partial charge < -0.3 is 9.47 Å². The van der Waals surface area contributed by atoms with E-state index in [0.717, 1.165) is 6.54 Å². The highest BCUT2D eigenvalue weighted by molar-refractivity contribution is 5.87. The zero-order chi connectivity index (χ0) is 9.84. The molecule has 0 aromatic heterocycles. The minimum absolute atomic E-state index is 0.178. The second-order valence-corrected chi connectivity index (χ2v) is 3.14. The zero-order valence-corrected chi connectivity index (χ0v) is 8.00. The average molecular weight is 185 g/mol. The predicted octanol–water partition coefficient (Wildman–Crippen LogP) is 0.440. The predicted molar refractivity (Wildman–Crippen MR) is 48.1 cm³/mol. The second-order valence-electron chi connectivity index (χ2n) is 3.14. The topological polar surface area (TPSA) is 47.6 Å². The molecule has 0 amide bonds. The molecule has 1 fully saturated rings. The van der Waals surface area contributed by atoms with Gasteiger partial charge in [-0.2, -0.15) is 0 Å². The first-order chi connectivity index (χ1) is 6.11. The molecule has 0 radical (unpaired) electrons. The number of esters is 1. The van der Waals surface area contributed by atoms with Gasteiger partial charge in [-0.1, -0.05) is 6.58 Å². The lowest BCUT2D eigenvalue weighted by molar-refractivity contribution is -0.150. The molecule has 1 heterocycles. The number of ether oxygens (including phenoxy) is 2. The molecule has 0 aromatic rings. The van der Waals surface area contributed by atoms with Crippen molar-refractivity contribution in [2.75, 3.05) is 13.2 Å². The number of hydrogen-bond acceptors (Lipinski definition) is 4. The Morgan fingerprint density at radius 2 is 2.46 bits per heavy atom. The van der Waals surface area contributed by atoms with Crippen LogP contribution in [0.15, 0.2) is 12.2 Å². The Bertz CT molecular complexity index is 209. The van der Waals surface area contributed by atoms with Gasteiger partial charge in [0.2, 0.25) is 0 Å². The summed E-state index contributed by atoms with van der Waals surface area (Å²) in [6.45, 7) is 8.39. The van der Waals surface area contributed by atoms with E-state index >= 15 is 0 Å². The highest BCUT2D eigenvalue weighted by atomic mass is 16.6. The number of carbonyl (C=O) groups is 1. The van der Waals surface area contributed by atoms with E-state index in [9.17, 15) is 4.79 Å². The van der Waals surface area contributed by atoms with Crippen LogP contribution in [0, 0.1) is 0 Å². The highest BCUT2D eigenvalue weighted by Crippen LogP contribution is 2.07. The van der Waals surface area contributed by atoms with E-state index in [0.29, 0.717) is 12.2 Å². The average Bonchev–Trinajstić information content (AvgIpc) is 2.55. The van der Waals surface area contributed by atoms with Crippen molar-refractivity contribution in [3.8, 4) is 0 Å². The Kier molecular flexibility index (Phi) is 3.45. The van der Waals surface area contributed by atoms with Crippen LogP contribution in [0.2, 0.25) is 0 Å². The van der Waals surface area contributed by atoms with Gasteiger partial charge >= 0.3 is 5.97 Å². The van der Waals surface area contributed by atoms with Crippen LogP contribution in [0.25, 0.3) is 0 Å². The molecule has 2 atom stereocenters. The molecular formula is C9H15NO3. The van der Waals surface area contributed by atoms with Crippen molar-refractivity contribution in [3.63, 3.8) is 0 Å². The van der Waals surface area contributed by atoms with Crippen LogP contribution in [-0.4, -0.2) is 31.5 Å². The molecule has 4 heteroatoms. The van der Waals surface area contributed by atoms with Gasteiger partial charge in [0.1, 0.15) is 12.3 Å². The van der Waals surface area contributed by atoms with E-state index in [-0.39, 0.29) is 18.3 Å². The number of rotatable bonds is 3. The van der Waals surface area contributed by atoms with E-state index in [1.807, 2.05) is 0 Å². The Morgan fingerprint density at radius 1 is 1.77 bits per heavy atom. The van der Waals surface area contributed by atoms with E-state index < -0.39 is 0 Å². The fraction of sp³-hybridized carbons (Fsp3) is 0.667. The molecule has 1 saturated heterocycles. The monoisotopic (exact) mass is 185 g/mol. The van der Waals surface area contributed by atoms with Gasteiger partial charge in [0.25, 0.3) is 0 Å². The summed E-state index contributed by atoms with van der Waals surface area (Å²) in [6, 6.07) is 0. The summed E-state index contributed by atoms with van der Waals surface area (Å²) in [5, 5.41) is 3.07. The van der Waals surface area contributed by atoms with Crippen LogP contribution >= 0.6 is 0 Å². The standard InChI is InChI=1S/C9H15NO3/c1-6(2)9(11)13-7(3)8-10-4-5-12-8/h7-8,10H,1,4-5H2,2-3H3. The summed E-state index contributed by atoms with van der Waals surface area (Å²) in [5.41, 5.74) is 0.407. The Labute approximate surface area is 77.9 Å². The van der Waals surface area contributed by atoms with Crippen LogP contribution < -0.4 is 5.32 Å². The molecule has 1 rings (SSSR count). The molecule has 4 nitrogen and oxygen atoms in total. The third-order valence-electron chi connectivity index (χ3n) is 1.81. The van der Waals surface area contributed by atoms with Gasteiger partial charge in [0, 0.05) is 12.1 Å². The Hall–Kier alpha value is -0.870. The van der Waals surface area contributed by atoms with Crippen molar-refractivity contribution in [3.05, 3.63) is 12.2 Å². The van der Waals surface area contributed by atoms with Crippen LogP contribution in [0.3, 0.4) is 0 Å². The maximum atomic E-state index is 11.1. The molecule has 0 aromatic carbocycles. The fourth-order valence-corrected chi connectivity index (χ4v) is 1.08. The lowest BCUT2D eigenvalue weighted by atomic mass is 10.3. The van der Waals surface area contributed by atoms with Gasteiger partial charge in [0.15, 0.2) is 0 Å². The molecule has 74 valence electrons. The summed E-state index contributed by atoms with van der Waals surface area (Å²) in [4.78, 5) is 11.1. The minimum Gasteiger partial charge on any atom is -0.455 e. The van der Waals surface area contributed by atoms with E-state index in [4.69, 9.17) is 9.47 Å². The van der Waals surface area contributed by atoms with Crippen molar-refractivity contribution >= 4 is 5.97 Å². The highest BCUT2D eigenvalue weighted by Gasteiger charge is 2.24. The van der Waals surface area contributed by atoms with Crippen LogP contribution in [0.4, 0.5) is 0 Å². The SMILES string of the molecule is C=C(C)C(=O)OC(C)C1NCCO1. The largest absolute Gasteiger partial charge is 0.455 e. The zero-order valence-electron chi connectivity index (χ0n) is 8.00. The molecule has 1 aliphatic rings. The molecule has 13 heavy (non-hydrogen) atoms. The van der Waals surface area contributed by atoms with Crippen molar-refractivity contribution in [1.82, 2.24) is 5.32 Å². The summed E-state index contributed by atoms with van der Waals surface area (Å²) >= 11 is 0. The maximum absolute atomic E-state index is 11.1. The summed E-state index contributed by atoms with van der Waals surface area (Å²) in [6.07, 6.45) is -0.449. The molecule has 1 aliphatic heterocycles. The molecular weight excluding hydrogens is 170 g/mol. The molecule has 0 aliphatic carbocycles. The van der Waals surface area contributed by atoms with Gasteiger partial charge in [0.05, 0.1) is 6.61 Å². The van der Waals surface area contributed by atoms with Crippen molar-refractivity contribution in [1.29, 1.82) is 0 Å². The van der Waals surface area contributed by atoms with Gasteiger partial charge in [-0.25, -0.2) is 4.79 Å². The number of nitrogens with one attached hydrogen (secondary N) is 1. The molecule has 0 saturated carbocycles. The summed E-state index contributed by atoms with van der Waals surface area (Å²) < 4.78 is 10.3. The Morgan fingerprint density at radius 3 is 2.92 bits per heavy atom. The van der Waals surface area contributed by atoms with Gasteiger partial charge in [-0.15, -0.1) is 0 Å². The third-order valence-corrected chi connectivity index (χ3v) is 1.81. The van der Waals surface area contributed by atoms with Crippen molar-refractivity contribution in [2.45, 2.75) is 26.2 Å². The van der Waals surface area contributed by atoms with Crippen LogP contribution in [0.5, 0.6) is 0 Å². The van der Waals surface area contributed by atoms with Crippen molar-refractivity contribution < 1.29 is 14.3 Å². The van der Waals surface area contributed by atoms with Crippen LogP contribution in [-0.2, 0) is 14.3 Å². The maximum Gasteiger partial charge on any atom is 0.333 e. The summed E-state index contributed by atoms with van der Waals surface area (Å²) in [7, 11) is 0. The van der Waals surface area contributed by atoms with Gasteiger partial charge in [-0.05, 0) is 13.8 Å². The van der Waals surface area contributed by atoms with Crippen LogP contribution in [0.1, 0.15) is 13.8 Å². The lowest BCUT2D eigenvalue weighted by Crippen LogP contribution is -2.37. The van der Waals surface area contributed by atoms with E-state index in [2.05, 4.69) is 11.9 Å². The fourth-order valence-electron chi connectivity index (χ4n) is 1.08. The third kappa shape index (κ3) is 2.82. The first-order valence-corrected chi connectivity index (χ1v) is 4.32. The van der Waals surface area contributed by atoms with Crippen molar-refractivity contribution in [2.24, 2.45) is 0 Å². The Balaban J connectivity index is 2.35. The smallest absolute Gasteiger partial charge is 0.333 e. The second kappa shape index (κ2) is 4.39. The number of carbonyl (C=O) groups excluding carboxylic acids is 1. The summed E-state index contributed by atoms with van der Waals surface area (Å²) in [5.74, 6) is -0.371. The quantitative estimate of drug-likeness (QED) is 0.512. The lowest BCUT2D eigenvalue weighted by Gasteiger charge is -2.19. The normalized spacial score (nSPS) is 24.0. The molecule has 1 N–H and O–H groups in total. The van der Waals surface area contributed by atoms with Gasteiger partial charge in [-0.3, -0.25) is 5.32 Å². The first-order valence-electron chi connectivity index (χ1n) is 4.32. The molecule has 2 unspecified atom stereocenters. The number of hydrogen-bond donors (Lipinski definition) is 1. The van der Waals surface area contributed by atoms with E-state index in [1.165, 1.54) is 0 Å². The minimum atomic E-state index is -0.371. The molecule has 0 spiro atoms.